The molecule has 172 valence electrons. The highest BCUT2D eigenvalue weighted by atomic mass is 32.2. The number of aryl methyl sites for hydroxylation is 1. The Morgan fingerprint density at radius 1 is 0.882 bits per heavy atom. The number of tetrazole rings is 1. The Kier molecular flexibility index (Phi) is 6.58. The van der Waals surface area contributed by atoms with E-state index in [4.69, 9.17) is 0 Å². The zero-order valence-electron chi connectivity index (χ0n) is 19.0. The van der Waals surface area contributed by atoms with Gasteiger partial charge in [-0.2, -0.15) is 4.68 Å². The molecule has 8 heteroatoms. The quantitative estimate of drug-likeness (QED) is 0.393. The molecule has 0 N–H and O–H groups in total. The highest BCUT2D eigenvalue weighted by molar-refractivity contribution is 7.98. The molecule has 1 saturated heterocycles. The number of carbonyl (C=O) groups excluding carboxylic acids is 1. The fraction of sp³-hybridized carbons (Fsp3) is 0.231. The number of aromatic nitrogens is 4. The lowest BCUT2D eigenvalue weighted by atomic mass is 10.1. The van der Waals surface area contributed by atoms with E-state index < -0.39 is 0 Å². The molecular formula is C26H26N6OS. The predicted octanol–water partition coefficient (Wildman–Crippen LogP) is 4.23. The van der Waals surface area contributed by atoms with Crippen molar-refractivity contribution >= 4 is 23.4 Å². The van der Waals surface area contributed by atoms with Crippen molar-refractivity contribution in [1.29, 1.82) is 0 Å². The molecule has 3 aromatic carbocycles. The molecule has 1 aliphatic rings. The Bertz CT molecular complexity index is 1270. The van der Waals surface area contributed by atoms with Gasteiger partial charge in [0.15, 0.2) is 5.82 Å². The van der Waals surface area contributed by atoms with Gasteiger partial charge in [-0.1, -0.05) is 42.5 Å². The number of nitrogens with zero attached hydrogens (tertiary/aromatic N) is 6. The first-order valence-electron chi connectivity index (χ1n) is 11.3. The first kappa shape index (κ1) is 22.2. The molecule has 0 radical (unpaired) electrons. The first-order valence-corrected chi connectivity index (χ1v) is 12.3. The highest BCUT2D eigenvalue weighted by Gasteiger charge is 2.24. The van der Waals surface area contributed by atoms with Crippen LogP contribution in [0.15, 0.2) is 83.8 Å². The molecule has 0 bridgehead atoms. The third kappa shape index (κ3) is 4.82. The summed E-state index contributed by atoms with van der Waals surface area (Å²) in [6.45, 7) is 5.18. The molecule has 1 aliphatic heterocycles. The van der Waals surface area contributed by atoms with Crippen molar-refractivity contribution in [3.05, 3.63) is 95.8 Å². The van der Waals surface area contributed by atoms with E-state index in [2.05, 4.69) is 51.6 Å². The predicted molar refractivity (Wildman–Crippen MR) is 134 cm³/mol. The van der Waals surface area contributed by atoms with Crippen molar-refractivity contribution in [3.63, 3.8) is 0 Å². The van der Waals surface area contributed by atoms with Crippen LogP contribution < -0.4 is 4.90 Å². The number of carbonyl (C=O) groups is 1. The van der Waals surface area contributed by atoms with Crippen LogP contribution in [0.4, 0.5) is 5.69 Å². The number of amides is 1. The molecule has 34 heavy (non-hydrogen) atoms. The van der Waals surface area contributed by atoms with Crippen molar-refractivity contribution in [3.8, 4) is 5.69 Å². The van der Waals surface area contributed by atoms with E-state index in [-0.39, 0.29) is 5.91 Å². The molecule has 0 unspecified atom stereocenters. The SMILES string of the molecule is Cc1cccc(N2CCN(C(=O)c3ccccc3SCc3nnnn3-c3ccccc3)CC2)c1. The lowest BCUT2D eigenvalue weighted by Gasteiger charge is -2.36. The molecule has 7 nitrogen and oxygen atoms in total. The molecule has 4 aromatic rings. The number of benzene rings is 3. The summed E-state index contributed by atoms with van der Waals surface area (Å²) in [5.74, 6) is 1.38. The van der Waals surface area contributed by atoms with Gasteiger partial charge in [-0.3, -0.25) is 4.79 Å². The highest BCUT2D eigenvalue weighted by Crippen LogP contribution is 2.28. The maximum atomic E-state index is 13.4. The van der Waals surface area contributed by atoms with Crippen molar-refractivity contribution in [2.75, 3.05) is 31.1 Å². The standard InChI is InChI=1S/C26H26N6OS/c1-20-8-7-11-22(18-20)30-14-16-31(17-15-30)26(33)23-12-5-6-13-24(23)34-19-25-27-28-29-32(25)21-9-3-2-4-10-21/h2-13,18H,14-17,19H2,1H3. The van der Waals surface area contributed by atoms with Crippen LogP contribution in [0.1, 0.15) is 21.7 Å². The van der Waals surface area contributed by atoms with Gasteiger partial charge in [0.05, 0.1) is 17.0 Å². The molecule has 0 saturated carbocycles. The van der Waals surface area contributed by atoms with Crippen molar-refractivity contribution in [2.45, 2.75) is 17.6 Å². The van der Waals surface area contributed by atoms with Gasteiger partial charge in [0.25, 0.3) is 5.91 Å². The normalized spacial score (nSPS) is 13.8. The Balaban J connectivity index is 1.26. The number of para-hydroxylation sites is 1. The summed E-state index contributed by atoms with van der Waals surface area (Å²) >= 11 is 1.58. The second-order valence-corrected chi connectivity index (χ2v) is 9.26. The lowest BCUT2D eigenvalue weighted by Crippen LogP contribution is -2.48. The van der Waals surface area contributed by atoms with Gasteiger partial charge >= 0.3 is 0 Å². The number of rotatable bonds is 6. The Morgan fingerprint density at radius 2 is 1.62 bits per heavy atom. The van der Waals surface area contributed by atoms with Crippen molar-refractivity contribution < 1.29 is 4.79 Å². The van der Waals surface area contributed by atoms with Crippen LogP contribution in [-0.2, 0) is 5.75 Å². The number of thioether (sulfide) groups is 1. The molecule has 1 amide bonds. The third-order valence-corrected chi connectivity index (χ3v) is 7.01. The molecule has 0 aliphatic carbocycles. The van der Waals surface area contributed by atoms with Crippen molar-refractivity contribution in [2.24, 2.45) is 0 Å². The molecule has 5 rings (SSSR count). The van der Waals surface area contributed by atoms with E-state index in [1.165, 1.54) is 11.3 Å². The van der Waals surface area contributed by atoms with E-state index in [0.29, 0.717) is 18.8 Å². The summed E-state index contributed by atoms with van der Waals surface area (Å²) in [7, 11) is 0. The summed E-state index contributed by atoms with van der Waals surface area (Å²) in [6.07, 6.45) is 0. The van der Waals surface area contributed by atoms with Crippen LogP contribution in [0.2, 0.25) is 0 Å². The minimum atomic E-state index is 0.0784. The fourth-order valence-electron chi connectivity index (χ4n) is 4.14. The maximum absolute atomic E-state index is 13.4. The number of piperazine rings is 1. The van der Waals surface area contributed by atoms with Crippen LogP contribution in [0.3, 0.4) is 0 Å². The van der Waals surface area contributed by atoms with Gasteiger partial charge in [0, 0.05) is 36.8 Å². The summed E-state index contributed by atoms with van der Waals surface area (Å²) in [5, 5.41) is 12.2. The molecule has 2 heterocycles. The van der Waals surface area contributed by atoms with Gasteiger partial charge in [-0.25, -0.2) is 0 Å². The van der Waals surface area contributed by atoms with Gasteiger partial charge < -0.3 is 9.80 Å². The second kappa shape index (κ2) is 10.1. The van der Waals surface area contributed by atoms with Crippen LogP contribution in [-0.4, -0.2) is 57.2 Å². The second-order valence-electron chi connectivity index (χ2n) is 8.25. The number of hydrogen-bond donors (Lipinski definition) is 0. The zero-order valence-corrected chi connectivity index (χ0v) is 19.9. The largest absolute Gasteiger partial charge is 0.368 e. The summed E-state index contributed by atoms with van der Waals surface area (Å²) in [5.41, 5.74) is 4.12. The van der Waals surface area contributed by atoms with E-state index >= 15 is 0 Å². The maximum Gasteiger partial charge on any atom is 0.255 e. The average Bonchev–Trinajstić information content (AvgIpc) is 3.37. The van der Waals surface area contributed by atoms with E-state index in [1.807, 2.05) is 59.5 Å². The summed E-state index contributed by atoms with van der Waals surface area (Å²) in [4.78, 5) is 18.7. The van der Waals surface area contributed by atoms with Crippen LogP contribution in [0.5, 0.6) is 0 Å². The summed E-state index contributed by atoms with van der Waals surface area (Å²) < 4.78 is 1.74. The first-order chi connectivity index (χ1) is 16.7. The number of anilines is 1. The lowest BCUT2D eigenvalue weighted by molar-refractivity contribution is 0.0743. The molecular weight excluding hydrogens is 444 g/mol. The van der Waals surface area contributed by atoms with Gasteiger partial charge in [0.2, 0.25) is 0 Å². The van der Waals surface area contributed by atoms with Crippen molar-refractivity contribution in [1.82, 2.24) is 25.1 Å². The third-order valence-electron chi connectivity index (χ3n) is 5.94. The monoisotopic (exact) mass is 470 g/mol. The van der Waals surface area contributed by atoms with Gasteiger partial charge in [-0.05, 0) is 59.3 Å². The van der Waals surface area contributed by atoms with E-state index in [1.54, 1.807) is 16.4 Å². The zero-order chi connectivity index (χ0) is 23.3. The number of hydrogen-bond acceptors (Lipinski definition) is 6. The Labute approximate surface area is 203 Å². The minimum Gasteiger partial charge on any atom is -0.368 e. The molecule has 0 atom stereocenters. The van der Waals surface area contributed by atoms with Gasteiger partial charge in [0.1, 0.15) is 0 Å². The fourth-order valence-corrected chi connectivity index (χ4v) is 5.09. The average molecular weight is 471 g/mol. The van der Waals surface area contributed by atoms with Crippen LogP contribution in [0, 0.1) is 6.92 Å². The minimum absolute atomic E-state index is 0.0784. The van der Waals surface area contributed by atoms with E-state index in [0.717, 1.165) is 35.1 Å². The van der Waals surface area contributed by atoms with E-state index in [9.17, 15) is 4.79 Å². The van der Waals surface area contributed by atoms with Crippen LogP contribution >= 0.6 is 11.8 Å². The molecule has 1 aromatic heterocycles. The topological polar surface area (TPSA) is 67.2 Å². The van der Waals surface area contributed by atoms with Crippen LogP contribution in [0.25, 0.3) is 5.69 Å². The molecule has 0 spiro atoms. The smallest absolute Gasteiger partial charge is 0.255 e. The Morgan fingerprint density at radius 3 is 2.41 bits per heavy atom. The van der Waals surface area contributed by atoms with Gasteiger partial charge in [-0.15, -0.1) is 16.9 Å². The summed E-state index contributed by atoms with van der Waals surface area (Å²) in [6, 6.07) is 26.2. The Hall–Kier alpha value is -3.65. The molecule has 1 fully saturated rings.